The molecule has 1 saturated heterocycles. The van der Waals surface area contributed by atoms with Gasteiger partial charge in [0.15, 0.2) is 5.82 Å². The molecule has 0 atom stereocenters. The molecule has 32 heavy (non-hydrogen) atoms. The van der Waals surface area contributed by atoms with Crippen LogP contribution in [0.3, 0.4) is 0 Å². The first-order chi connectivity index (χ1) is 15.3. The summed E-state index contributed by atoms with van der Waals surface area (Å²) in [6.45, 7) is 6.07. The second-order valence-electron chi connectivity index (χ2n) is 8.13. The van der Waals surface area contributed by atoms with Crippen molar-refractivity contribution in [3.8, 4) is 11.5 Å². The predicted octanol–water partition coefficient (Wildman–Crippen LogP) is 4.07. The maximum absolute atomic E-state index is 12.9. The van der Waals surface area contributed by atoms with Crippen molar-refractivity contribution in [1.29, 1.82) is 0 Å². The molecular formula is C24H24N4O4. The molecule has 1 N–H and O–H groups in total. The van der Waals surface area contributed by atoms with E-state index < -0.39 is 0 Å². The summed E-state index contributed by atoms with van der Waals surface area (Å²) in [6.07, 6.45) is 0.521. The smallest absolute Gasteiger partial charge is 0.260 e. The second kappa shape index (κ2) is 8.74. The number of nitrogens with zero attached hydrogens (tertiary/aromatic N) is 3. The third-order valence-corrected chi connectivity index (χ3v) is 5.41. The van der Waals surface area contributed by atoms with E-state index >= 15 is 0 Å². The molecule has 0 radical (unpaired) electrons. The van der Waals surface area contributed by atoms with E-state index in [2.05, 4.69) is 15.5 Å². The number of rotatable bonds is 6. The summed E-state index contributed by atoms with van der Waals surface area (Å²) >= 11 is 0. The van der Waals surface area contributed by atoms with E-state index in [4.69, 9.17) is 4.52 Å². The van der Waals surface area contributed by atoms with E-state index in [0.29, 0.717) is 28.5 Å². The molecule has 3 amide bonds. The lowest BCUT2D eigenvalue weighted by Gasteiger charge is -2.14. The first-order valence-electron chi connectivity index (χ1n) is 10.5. The first kappa shape index (κ1) is 21.4. The van der Waals surface area contributed by atoms with Crippen molar-refractivity contribution >= 4 is 23.4 Å². The van der Waals surface area contributed by atoms with Crippen molar-refractivity contribution in [2.45, 2.75) is 46.1 Å². The van der Waals surface area contributed by atoms with Gasteiger partial charge in [-0.2, -0.15) is 4.98 Å². The fourth-order valence-corrected chi connectivity index (χ4v) is 3.52. The number of aromatic nitrogens is 2. The van der Waals surface area contributed by atoms with E-state index in [1.165, 1.54) is 4.90 Å². The van der Waals surface area contributed by atoms with Crippen LogP contribution in [0.25, 0.3) is 11.5 Å². The van der Waals surface area contributed by atoms with E-state index in [-0.39, 0.29) is 43.0 Å². The molecule has 4 rings (SSSR count). The largest absolute Gasteiger partial charge is 0.334 e. The molecule has 0 bridgehead atoms. The number of carbonyl (C=O) groups excluding carboxylic acids is 3. The van der Waals surface area contributed by atoms with Gasteiger partial charge in [-0.1, -0.05) is 43.3 Å². The number of imide groups is 1. The van der Waals surface area contributed by atoms with Crippen LogP contribution >= 0.6 is 0 Å². The van der Waals surface area contributed by atoms with Gasteiger partial charge >= 0.3 is 0 Å². The number of nitrogens with one attached hydrogen (secondary N) is 1. The molecule has 0 spiro atoms. The summed E-state index contributed by atoms with van der Waals surface area (Å²) in [6, 6.07) is 12.4. The molecule has 1 fully saturated rings. The number of para-hydroxylation sites is 1. The Morgan fingerprint density at radius 1 is 1.09 bits per heavy atom. The highest BCUT2D eigenvalue weighted by Gasteiger charge is 2.28. The van der Waals surface area contributed by atoms with Crippen LogP contribution in [0.2, 0.25) is 0 Å². The fraction of sp³-hybridized carbons (Fsp3) is 0.292. The summed E-state index contributed by atoms with van der Waals surface area (Å²) < 4.78 is 5.42. The Morgan fingerprint density at radius 2 is 1.78 bits per heavy atom. The number of hydrogen-bond donors (Lipinski definition) is 1. The van der Waals surface area contributed by atoms with E-state index in [0.717, 1.165) is 11.1 Å². The minimum absolute atomic E-state index is 0.125. The van der Waals surface area contributed by atoms with Crippen molar-refractivity contribution in [3.63, 3.8) is 0 Å². The number of likely N-dealkylation sites (tertiary alicyclic amines) is 1. The minimum atomic E-state index is -0.288. The molecule has 0 saturated carbocycles. The Balaban J connectivity index is 1.53. The zero-order valence-corrected chi connectivity index (χ0v) is 18.2. The van der Waals surface area contributed by atoms with Gasteiger partial charge in [-0.05, 0) is 36.2 Å². The van der Waals surface area contributed by atoms with Crippen LogP contribution in [0.4, 0.5) is 5.69 Å². The number of aryl methyl sites for hydroxylation is 1. The van der Waals surface area contributed by atoms with Crippen LogP contribution in [0.1, 0.15) is 59.9 Å². The number of anilines is 1. The predicted molar refractivity (Wildman–Crippen MR) is 118 cm³/mol. The molecule has 0 unspecified atom stereocenters. The Hall–Kier alpha value is -3.81. The maximum atomic E-state index is 12.9. The molecule has 2 aromatic carbocycles. The van der Waals surface area contributed by atoms with Gasteiger partial charge in [-0.15, -0.1) is 0 Å². The Kier molecular flexibility index (Phi) is 5.85. The lowest BCUT2D eigenvalue weighted by molar-refractivity contribution is -0.139. The van der Waals surface area contributed by atoms with Gasteiger partial charge in [0.25, 0.3) is 11.8 Å². The van der Waals surface area contributed by atoms with Crippen molar-refractivity contribution < 1.29 is 18.9 Å². The highest BCUT2D eigenvalue weighted by atomic mass is 16.5. The molecule has 0 aliphatic carbocycles. The second-order valence-corrected chi connectivity index (χ2v) is 8.13. The van der Waals surface area contributed by atoms with Crippen LogP contribution in [-0.2, 0) is 16.1 Å². The summed E-state index contributed by atoms with van der Waals surface area (Å²) in [4.78, 5) is 42.2. The molecule has 8 nitrogen and oxygen atoms in total. The third-order valence-electron chi connectivity index (χ3n) is 5.41. The van der Waals surface area contributed by atoms with Crippen LogP contribution in [-0.4, -0.2) is 32.8 Å². The minimum Gasteiger partial charge on any atom is -0.334 e. The van der Waals surface area contributed by atoms with Gasteiger partial charge in [-0.3, -0.25) is 19.3 Å². The normalized spacial score (nSPS) is 13.8. The lowest BCUT2D eigenvalue weighted by Crippen LogP contribution is -2.28. The first-order valence-corrected chi connectivity index (χ1v) is 10.5. The molecule has 1 aliphatic heterocycles. The van der Waals surface area contributed by atoms with Crippen LogP contribution in [0, 0.1) is 6.92 Å². The molecular weight excluding hydrogens is 408 g/mol. The highest BCUT2D eigenvalue weighted by Crippen LogP contribution is 2.31. The summed E-state index contributed by atoms with van der Waals surface area (Å²) in [5.74, 6) is 0.465. The van der Waals surface area contributed by atoms with E-state index in [1.807, 2.05) is 39.0 Å². The zero-order chi connectivity index (χ0) is 22.8. The van der Waals surface area contributed by atoms with E-state index in [9.17, 15) is 14.4 Å². The Morgan fingerprint density at radius 3 is 2.41 bits per heavy atom. The van der Waals surface area contributed by atoms with Crippen molar-refractivity contribution in [1.82, 2.24) is 15.0 Å². The summed E-state index contributed by atoms with van der Waals surface area (Å²) in [5, 5.41) is 6.97. The highest BCUT2D eigenvalue weighted by molar-refractivity contribution is 6.06. The van der Waals surface area contributed by atoms with Gasteiger partial charge in [-0.25, -0.2) is 0 Å². The van der Waals surface area contributed by atoms with Crippen LogP contribution < -0.4 is 5.32 Å². The number of carbonyl (C=O) groups is 3. The van der Waals surface area contributed by atoms with E-state index in [1.54, 1.807) is 24.3 Å². The monoisotopic (exact) mass is 432 g/mol. The lowest BCUT2D eigenvalue weighted by atomic mass is 10.1. The van der Waals surface area contributed by atoms with Crippen molar-refractivity contribution in [2.24, 2.45) is 0 Å². The maximum Gasteiger partial charge on any atom is 0.260 e. The molecule has 164 valence electrons. The average molecular weight is 432 g/mol. The van der Waals surface area contributed by atoms with Gasteiger partial charge < -0.3 is 9.84 Å². The molecule has 1 aliphatic rings. The standard InChI is InChI=1S/C24H24N4O4/c1-14(2)22-26-24(32-27-22)18-6-4-5-15(3)21(18)25-23(31)17-9-7-16(8-10-17)13-28-19(29)11-12-20(28)30/h4-10,14H,11-13H2,1-3H3,(H,25,31). The zero-order valence-electron chi connectivity index (χ0n) is 18.2. The van der Waals surface area contributed by atoms with Crippen LogP contribution in [0.15, 0.2) is 47.0 Å². The average Bonchev–Trinajstić information content (AvgIpc) is 3.38. The topological polar surface area (TPSA) is 105 Å². The number of amides is 3. The summed E-state index contributed by atoms with van der Waals surface area (Å²) in [7, 11) is 0. The van der Waals surface area contributed by atoms with Crippen molar-refractivity contribution in [3.05, 3.63) is 65.0 Å². The summed E-state index contributed by atoms with van der Waals surface area (Å²) in [5.41, 5.74) is 3.36. The number of hydrogen-bond acceptors (Lipinski definition) is 6. The van der Waals surface area contributed by atoms with Gasteiger partial charge in [0.05, 0.1) is 17.8 Å². The van der Waals surface area contributed by atoms with Crippen LogP contribution in [0.5, 0.6) is 0 Å². The van der Waals surface area contributed by atoms with Crippen molar-refractivity contribution in [2.75, 3.05) is 5.32 Å². The Bertz CT molecular complexity index is 1160. The quantitative estimate of drug-likeness (QED) is 0.589. The van der Waals surface area contributed by atoms with Gasteiger partial charge in [0, 0.05) is 24.3 Å². The molecule has 3 aromatic rings. The Labute approximate surface area is 185 Å². The molecule has 1 aromatic heterocycles. The third kappa shape index (κ3) is 4.30. The van der Waals surface area contributed by atoms with Gasteiger partial charge in [0.2, 0.25) is 11.8 Å². The molecule has 8 heteroatoms. The van der Waals surface area contributed by atoms with Gasteiger partial charge in [0.1, 0.15) is 0 Å². The SMILES string of the molecule is Cc1cccc(-c2nc(C(C)C)no2)c1NC(=O)c1ccc(CN2C(=O)CCC2=O)cc1. The fourth-order valence-electron chi connectivity index (χ4n) is 3.52. The number of benzene rings is 2. The molecule has 2 heterocycles.